The molecule has 2 aromatic rings. The highest BCUT2D eigenvalue weighted by Crippen LogP contribution is 2.52. The topological polar surface area (TPSA) is 103 Å². The summed E-state index contributed by atoms with van der Waals surface area (Å²) in [5.74, 6) is -1.73. The summed E-state index contributed by atoms with van der Waals surface area (Å²) in [6.45, 7) is 9.72. The van der Waals surface area contributed by atoms with Crippen molar-refractivity contribution in [1.29, 1.82) is 0 Å². The molecule has 0 saturated heterocycles. The Morgan fingerprint density at radius 3 is 2.26 bits per heavy atom. The molecule has 1 atom stereocenters. The van der Waals surface area contributed by atoms with Crippen LogP contribution in [0.15, 0.2) is 34.0 Å². The first kappa shape index (κ1) is 33.3. The predicted octanol–water partition coefficient (Wildman–Crippen LogP) is 5.62. The number of aryl methyl sites for hydroxylation is 1. The van der Waals surface area contributed by atoms with Gasteiger partial charge in [0.05, 0.1) is 31.7 Å². The summed E-state index contributed by atoms with van der Waals surface area (Å²) in [5, 5.41) is 4.20. The highest BCUT2D eigenvalue weighted by atomic mass is 32.2. The second-order valence-corrected chi connectivity index (χ2v) is 17.0. The smallest absolute Gasteiger partial charge is 0.471 e. The Hall–Kier alpha value is -3.19. The van der Waals surface area contributed by atoms with Crippen LogP contribution in [0.5, 0.6) is 17.2 Å². The third kappa shape index (κ3) is 7.05. The molecule has 8 nitrogen and oxygen atoms in total. The minimum atomic E-state index is -5.12. The standard InChI is InChI=1S/C29H37F3N2O6SSi/c1-28(2,3)42(7,8)40-21-13-16-9-11-19(34-23(36)15-33-27(37)29(30,31)32)18-14-20(35)22(41-6)12-10-17(18)24(16)26(39-5)25(21)38-4/h10,12-14,19H,9,11,15H2,1-8H3,(H,33,37)(H,34,36). The van der Waals surface area contributed by atoms with Gasteiger partial charge in [-0.05, 0) is 72.1 Å². The van der Waals surface area contributed by atoms with Gasteiger partial charge in [0.15, 0.2) is 16.9 Å². The molecule has 42 heavy (non-hydrogen) atoms. The third-order valence-corrected chi connectivity index (χ3v) is 12.8. The molecule has 0 bridgehead atoms. The molecule has 0 spiro atoms. The largest absolute Gasteiger partial charge is 0.541 e. The van der Waals surface area contributed by atoms with Gasteiger partial charge < -0.3 is 24.5 Å². The van der Waals surface area contributed by atoms with E-state index >= 15 is 0 Å². The maximum Gasteiger partial charge on any atom is 0.471 e. The van der Waals surface area contributed by atoms with Crippen LogP contribution in [-0.4, -0.2) is 53.3 Å². The number of fused-ring (bicyclic) bond motifs is 3. The molecular weight excluding hydrogens is 589 g/mol. The number of hydrogen-bond donors (Lipinski definition) is 2. The molecule has 2 aromatic carbocycles. The molecular formula is C29H37F3N2O6SSi. The zero-order valence-electron chi connectivity index (χ0n) is 25.0. The fourth-order valence-electron chi connectivity index (χ4n) is 4.48. The maximum atomic E-state index is 13.1. The highest BCUT2D eigenvalue weighted by molar-refractivity contribution is 7.98. The minimum absolute atomic E-state index is 0.103. The Kier molecular flexibility index (Phi) is 9.98. The lowest BCUT2D eigenvalue weighted by molar-refractivity contribution is -0.173. The zero-order chi connectivity index (χ0) is 31.6. The van der Waals surface area contributed by atoms with E-state index in [1.54, 1.807) is 23.7 Å². The average Bonchev–Trinajstić information content (AvgIpc) is 3.13. The van der Waals surface area contributed by atoms with Crippen LogP contribution < -0.4 is 30.0 Å². The van der Waals surface area contributed by atoms with Crippen molar-refractivity contribution < 1.29 is 36.7 Å². The van der Waals surface area contributed by atoms with Crippen LogP contribution in [-0.2, 0) is 16.0 Å². The van der Waals surface area contributed by atoms with Crippen LogP contribution in [0.2, 0.25) is 18.1 Å². The van der Waals surface area contributed by atoms with E-state index in [1.165, 1.54) is 32.0 Å². The van der Waals surface area contributed by atoms with Crippen molar-refractivity contribution >= 4 is 31.9 Å². The number of methoxy groups -OCH3 is 2. The van der Waals surface area contributed by atoms with Gasteiger partial charge >= 0.3 is 12.1 Å². The molecule has 2 amide bonds. The first-order valence-electron chi connectivity index (χ1n) is 13.3. The normalized spacial score (nSPS) is 15.1. The van der Waals surface area contributed by atoms with Crippen molar-refractivity contribution in [2.45, 2.75) is 68.9 Å². The summed E-state index contributed by atoms with van der Waals surface area (Å²) in [6.07, 6.45) is -2.62. The molecule has 0 aromatic heterocycles. The molecule has 0 heterocycles. The lowest BCUT2D eigenvalue weighted by Gasteiger charge is -2.37. The predicted molar refractivity (Wildman–Crippen MR) is 159 cm³/mol. The number of alkyl halides is 3. The number of nitrogens with one attached hydrogen (secondary N) is 2. The summed E-state index contributed by atoms with van der Waals surface area (Å²) in [6, 6.07) is 6.04. The van der Waals surface area contributed by atoms with E-state index in [1.807, 2.05) is 6.07 Å². The van der Waals surface area contributed by atoms with E-state index in [9.17, 15) is 27.6 Å². The van der Waals surface area contributed by atoms with Gasteiger partial charge in [0, 0.05) is 5.56 Å². The first-order valence-corrected chi connectivity index (χ1v) is 17.4. The number of hydrogen-bond acceptors (Lipinski definition) is 7. The number of amides is 2. The van der Waals surface area contributed by atoms with Crippen LogP contribution in [0, 0.1) is 0 Å². The molecule has 230 valence electrons. The molecule has 0 radical (unpaired) electrons. The minimum Gasteiger partial charge on any atom is -0.541 e. The SMILES string of the molecule is COc1c(O[Si](C)(C)C(C)(C)C)cc2c(c1OC)-c1ccc(SC)c(=O)cc1C(NC(=O)CNC(=O)C(F)(F)F)CC2. The van der Waals surface area contributed by atoms with Gasteiger partial charge in [-0.15, -0.1) is 11.8 Å². The van der Waals surface area contributed by atoms with Crippen molar-refractivity contribution in [1.82, 2.24) is 10.6 Å². The number of ether oxygens (including phenoxy) is 2. The number of benzene rings is 1. The van der Waals surface area contributed by atoms with Crippen LogP contribution in [0.3, 0.4) is 0 Å². The monoisotopic (exact) mass is 626 g/mol. The number of carbonyl (C=O) groups excluding carboxylic acids is 2. The van der Waals surface area contributed by atoms with Crippen molar-refractivity contribution in [2.24, 2.45) is 0 Å². The maximum absolute atomic E-state index is 13.1. The Labute approximate surface area is 248 Å². The lowest BCUT2D eigenvalue weighted by atomic mass is 9.95. The van der Waals surface area contributed by atoms with E-state index in [0.29, 0.717) is 51.7 Å². The molecule has 1 aliphatic carbocycles. The zero-order valence-corrected chi connectivity index (χ0v) is 26.8. The van der Waals surface area contributed by atoms with Crippen molar-refractivity contribution in [3.05, 3.63) is 45.6 Å². The molecule has 13 heteroatoms. The second kappa shape index (κ2) is 12.6. The Bertz CT molecular complexity index is 1430. The quantitative estimate of drug-likeness (QED) is 0.290. The lowest BCUT2D eigenvalue weighted by Crippen LogP contribution is -2.44. The Morgan fingerprint density at radius 2 is 1.71 bits per heavy atom. The summed E-state index contributed by atoms with van der Waals surface area (Å²) < 4.78 is 56.3. The second-order valence-electron chi connectivity index (χ2n) is 11.5. The van der Waals surface area contributed by atoms with Crippen LogP contribution in [0.4, 0.5) is 13.2 Å². The van der Waals surface area contributed by atoms with Gasteiger partial charge in [0.25, 0.3) is 8.32 Å². The summed E-state index contributed by atoms with van der Waals surface area (Å²) in [5.41, 5.74) is 2.28. The van der Waals surface area contributed by atoms with Crippen molar-refractivity contribution in [3.63, 3.8) is 0 Å². The number of rotatable bonds is 8. The number of halogens is 3. The Balaban J connectivity index is 2.19. The van der Waals surface area contributed by atoms with E-state index < -0.39 is 38.9 Å². The molecule has 3 rings (SSSR count). The summed E-state index contributed by atoms with van der Waals surface area (Å²) in [7, 11) is 0.720. The van der Waals surface area contributed by atoms with Gasteiger partial charge in [-0.3, -0.25) is 14.4 Å². The molecule has 1 aliphatic rings. The van der Waals surface area contributed by atoms with Gasteiger partial charge in [0.2, 0.25) is 11.7 Å². The first-order chi connectivity index (χ1) is 19.4. The molecule has 0 aliphatic heterocycles. The molecule has 0 saturated carbocycles. The average molecular weight is 627 g/mol. The van der Waals surface area contributed by atoms with Gasteiger partial charge in [-0.1, -0.05) is 26.8 Å². The van der Waals surface area contributed by atoms with Crippen LogP contribution >= 0.6 is 11.8 Å². The van der Waals surface area contributed by atoms with Crippen molar-refractivity contribution in [2.75, 3.05) is 27.0 Å². The molecule has 2 N–H and O–H groups in total. The Morgan fingerprint density at radius 1 is 1.07 bits per heavy atom. The van der Waals surface area contributed by atoms with Crippen molar-refractivity contribution in [3.8, 4) is 28.4 Å². The molecule has 1 unspecified atom stereocenters. The van der Waals surface area contributed by atoms with Crippen LogP contribution in [0.25, 0.3) is 11.1 Å². The van der Waals surface area contributed by atoms with Gasteiger partial charge in [-0.25, -0.2) is 0 Å². The fourth-order valence-corrected chi connectivity index (χ4v) is 5.95. The van der Waals surface area contributed by atoms with Crippen LogP contribution in [0.1, 0.15) is 44.4 Å². The highest BCUT2D eigenvalue weighted by Gasteiger charge is 2.41. The number of thioether (sulfide) groups is 1. The van der Waals surface area contributed by atoms with Gasteiger partial charge in [0.1, 0.15) is 0 Å². The van der Waals surface area contributed by atoms with E-state index in [0.717, 1.165) is 5.56 Å². The number of carbonyl (C=O) groups is 2. The van der Waals surface area contributed by atoms with E-state index in [4.69, 9.17) is 13.9 Å². The third-order valence-electron chi connectivity index (χ3n) is 7.67. The summed E-state index contributed by atoms with van der Waals surface area (Å²) >= 11 is 1.27. The molecule has 0 fully saturated rings. The van der Waals surface area contributed by atoms with E-state index in [2.05, 4.69) is 39.2 Å². The van der Waals surface area contributed by atoms with E-state index in [-0.39, 0.29) is 10.5 Å². The summed E-state index contributed by atoms with van der Waals surface area (Å²) in [4.78, 5) is 37.5. The fraction of sp³-hybridized carbons (Fsp3) is 0.483. The van der Waals surface area contributed by atoms with Gasteiger partial charge in [-0.2, -0.15) is 13.2 Å².